The van der Waals surface area contributed by atoms with Gasteiger partial charge in [-0.25, -0.2) is 19.3 Å². The Labute approximate surface area is 233 Å². The molecule has 2 aromatic carbocycles. The molecule has 9 heteroatoms. The molecule has 2 unspecified atom stereocenters. The van der Waals surface area contributed by atoms with Crippen molar-refractivity contribution in [2.24, 2.45) is 5.92 Å². The number of carboxylic acids is 1. The predicted octanol–water partition coefficient (Wildman–Crippen LogP) is 6.74. The van der Waals surface area contributed by atoms with Crippen molar-refractivity contribution in [3.05, 3.63) is 84.6 Å². The molecule has 0 saturated carbocycles. The first-order valence-electron chi connectivity index (χ1n) is 13.4. The molecule has 4 aromatic rings. The van der Waals surface area contributed by atoms with Gasteiger partial charge >= 0.3 is 5.97 Å². The average Bonchev–Trinajstić information content (AvgIpc) is 3.31. The van der Waals surface area contributed by atoms with Gasteiger partial charge in [0, 0.05) is 29.6 Å². The normalized spacial score (nSPS) is 13.1. The molecule has 40 heavy (non-hydrogen) atoms. The fourth-order valence-corrected chi connectivity index (χ4v) is 4.50. The number of carboxylic acid groups (broad SMARTS) is 1. The van der Waals surface area contributed by atoms with Crippen LogP contribution in [0, 0.1) is 11.7 Å². The summed E-state index contributed by atoms with van der Waals surface area (Å²) in [6, 6.07) is 17.7. The number of halogens is 1. The third-order valence-corrected chi connectivity index (χ3v) is 6.52. The van der Waals surface area contributed by atoms with Crippen LogP contribution in [0.4, 0.5) is 16.0 Å². The molecule has 208 valence electrons. The van der Waals surface area contributed by atoms with E-state index < -0.39 is 12.1 Å². The predicted molar refractivity (Wildman–Crippen MR) is 154 cm³/mol. The maximum atomic E-state index is 13.9. The minimum Gasteiger partial charge on any atom is -0.481 e. The van der Waals surface area contributed by atoms with Crippen molar-refractivity contribution in [3.63, 3.8) is 0 Å². The van der Waals surface area contributed by atoms with Crippen LogP contribution in [0.25, 0.3) is 28.8 Å². The van der Waals surface area contributed by atoms with E-state index in [1.807, 2.05) is 67.9 Å². The van der Waals surface area contributed by atoms with Crippen LogP contribution in [0.3, 0.4) is 0 Å². The lowest BCUT2D eigenvalue weighted by Crippen LogP contribution is -2.16. The van der Waals surface area contributed by atoms with Crippen LogP contribution in [0.1, 0.15) is 51.8 Å². The number of nitrogens with one attached hydrogen (secondary N) is 1. The number of aromatic nitrogens is 4. The van der Waals surface area contributed by atoms with Gasteiger partial charge in [0.15, 0.2) is 0 Å². The molecule has 0 radical (unpaired) electrons. The number of hydrogen-bond donors (Lipinski definition) is 3. The minimum atomic E-state index is -1.03. The molecule has 0 fully saturated rings. The van der Waals surface area contributed by atoms with Crippen LogP contribution < -0.4 is 5.32 Å². The summed E-state index contributed by atoms with van der Waals surface area (Å²) in [5, 5.41) is 22.5. The Morgan fingerprint density at radius 1 is 1.07 bits per heavy atom. The van der Waals surface area contributed by atoms with Gasteiger partial charge in [0.2, 0.25) is 5.95 Å². The average molecular weight is 544 g/mol. The summed E-state index contributed by atoms with van der Waals surface area (Å²) in [7, 11) is 0. The van der Waals surface area contributed by atoms with E-state index in [0.29, 0.717) is 23.8 Å². The van der Waals surface area contributed by atoms with Gasteiger partial charge in [0.1, 0.15) is 17.3 Å². The van der Waals surface area contributed by atoms with Crippen LogP contribution >= 0.6 is 0 Å². The Balaban J connectivity index is 1.80. The highest BCUT2D eigenvalue weighted by Crippen LogP contribution is 2.35. The van der Waals surface area contributed by atoms with Crippen molar-refractivity contribution in [1.82, 2.24) is 19.5 Å². The highest BCUT2D eigenvalue weighted by atomic mass is 19.1. The number of carbonyl (C=O) groups is 1. The fourth-order valence-electron chi connectivity index (χ4n) is 4.50. The Morgan fingerprint density at radius 2 is 1.80 bits per heavy atom. The van der Waals surface area contributed by atoms with Crippen LogP contribution in [0.5, 0.6) is 0 Å². The highest BCUT2D eigenvalue weighted by Gasteiger charge is 2.23. The molecule has 0 spiro atoms. The van der Waals surface area contributed by atoms with Gasteiger partial charge in [-0.05, 0) is 61.2 Å². The zero-order valence-electron chi connectivity index (χ0n) is 22.8. The van der Waals surface area contributed by atoms with Crippen LogP contribution in [-0.4, -0.2) is 41.8 Å². The molecule has 2 atom stereocenters. The van der Waals surface area contributed by atoms with Gasteiger partial charge in [-0.1, -0.05) is 45.0 Å². The molecular weight excluding hydrogens is 509 g/mol. The number of para-hydroxylation sites is 1. The number of nitrogens with zero attached hydrogens (tertiary/aromatic N) is 4. The SMILES string of the molecule is CCC(/C=C/n1c(C(C)C)nc(-c2ccnc(Nc3ccccc3)n2)c1-c1ccc(F)cc1)CC(O)CC(=O)O. The molecule has 2 aromatic heterocycles. The van der Waals surface area contributed by atoms with Crippen molar-refractivity contribution >= 4 is 23.8 Å². The third kappa shape index (κ3) is 7.18. The molecular formula is C31H34FN5O3. The maximum Gasteiger partial charge on any atom is 0.305 e. The van der Waals surface area contributed by atoms with Crippen molar-refractivity contribution < 1.29 is 19.4 Å². The van der Waals surface area contributed by atoms with Gasteiger partial charge in [0.05, 0.1) is 23.9 Å². The van der Waals surface area contributed by atoms with Crippen LogP contribution in [0.15, 0.2) is 72.9 Å². The lowest BCUT2D eigenvalue weighted by molar-refractivity contribution is -0.139. The molecule has 0 saturated heterocycles. The van der Waals surface area contributed by atoms with Crippen molar-refractivity contribution in [3.8, 4) is 22.6 Å². The number of allylic oxidation sites excluding steroid dienone is 1. The van der Waals surface area contributed by atoms with Gasteiger partial charge in [-0.2, -0.15) is 0 Å². The van der Waals surface area contributed by atoms with E-state index in [4.69, 9.17) is 15.1 Å². The molecule has 8 nitrogen and oxygen atoms in total. The summed E-state index contributed by atoms with van der Waals surface area (Å²) in [6.45, 7) is 6.08. The Bertz CT molecular complexity index is 1450. The maximum absolute atomic E-state index is 13.9. The van der Waals surface area contributed by atoms with Crippen molar-refractivity contribution in [2.45, 2.75) is 52.1 Å². The number of aliphatic carboxylic acids is 1. The largest absolute Gasteiger partial charge is 0.481 e. The first kappa shape index (κ1) is 28.6. The Hall–Kier alpha value is -4.37. The zero-order valence-corrected chi connectivity index (χ0v) is 22.8. The highest BCUT2D eigenvalue weighted by molar-refractivity contribution is 5.79. The molecule has 0 aliphatic carbocycles. The van der Waals surface area contributed by atoms with E-state index in [-0.39, 0.29) is 24.1 Å². The van der Waals surface area contributed by atoms with Crippen molar-refractivity contribution in [1.29, 1.82) is 0 Å². The Morgan fingerprint density at radius 3 is 2.45 bits per heavy atom. The summed E-state index contributed by atoms with van der Waals surface area (Å²) in [4.78, 5) is 25.2. The third-order valence-electron chi connectivity index (χ3n) is 6.52. The van der Waals surface area contributed by atoms with E-state index in [1.165, 1.54) is 12.1 Å². The first-order chi connectivity index (χ1) is 19.2. The topological polar surface area (TPSA) is 113 Å². The molecule has 0 aliphatic heterocycles. The summed E-state index contributed by atoms with van der Waals surface area (Å²) in [5.74, 6) is -0.185. The summed E-state index contributed by atoms with van der Waals surface area (Å²) < 4.78 is 15.9. The monoisotopic (exact) mass is 543 g/mol. The molecule has 0 amide bonds. The van der Waals surface area contributed by atoms with Gasteiger partial charge in [-0.15, -0.1) is 0 Å². The molecule has 0 aliphatic rings. The second-order valence-electron chi connectivity index (χ2n) is 9.95. The number of rotatable bonds is 12. The van der Waals surface area contributed by atoms with Crippen molar-refractivity contribution in [2.75, 3.05) is 5.32 Å². The van der Waals surface area contributed by atoms with Gasteiger partial charge in [-0.3, -0.25) is 4.79 Å². The summed E-state index contributed by atoms with van der Waals surface area (Å²) >= 11 is 0. The molecule has 3 N–H and O–H groups in total. The standard InChI is InChI=1S/C31H34FN5O3/c1-4-21(18-25(38)19-27(39)40)15-17-37-29(22-10-12-23(32)13-11-22)28(36-30(37)20(2)3)26-14-16-33-31(35-26)34-24-8-6-5-7-9-24/h5-17,20-21,25,38H,4,18-19H2,1-3H3,(H,39,40)(H,33,34,35)/b17-15+. The first-order valence-corrected chi connectivity index (χ1v) is 13.4. The second kappa shape index (κ2) is 13.1. The van der Waals surface area contributed by atoms with E-state index in [2.05, 4.69) is 10.3 Å². The summed E-state index contributed by atoms with van der Waals surface area (Å²) in [5.41, 5.74) is 3.58. The fraction of sp³-hybridized carbons (Fsp3) is 0.290. The smallest absolute Gasteiger partial charge is 0.305 e. The molecule has 4 rings (SSSR count). The van der Waals surface area contributed by atoms with E-state index >= 15 is 0 Å². The van der Waals surface area contributed by atoms with Crippen LogP contribution in [-0.2, 0) is 4.79 Å². The van der Waals surface area contributed by atoms with E-state index in [9.17, 15) is 14.3 Å². The zero-order chi connectivity index (χ0) is 28.6. The molecule has 0 bridgehead atoms. The quantitative estimate of drug-likeness (QED) is 0.181. The number of aliphatic hydroxyl groups excluding tert-OH is 1. The number of anilines is 2. The summed E-state index contributed by atoms with van der Waals surface area (Å²) in [6.07, 6.45) is 5.35. The van der Waals surface area contributed by atoms with E-state index in [1.54, 1.807) is 24.4 Å². The Kier molecular flexibility index (Phi) is 9.39. The van der Waals surface area contributed by atoms with Gasteiger partial charge in [0.25, 0.3) is 0 Å². The number of benzene rings is 2. The lowest BCUT2D eigenvalue weighted by atomic mass is 9.97. The minimum absolute atomic E-state index is 0.0408. The second-order valence-corrected chi connectivity index (χ2v) is 9.95. The molecule has 2 heterocycles. The van der Waals surface area contributed by atoms with E-state index in [0.717, 1.165) is 29.2 Å². The van der Waals surface area contributed by atoms with Gasteiger partial charge < -0.3 is 20.1 Å². The van der Waals surface area contributed by atoms with Crippen LogP contribution in [0.2, 0.25) is 0 Å². The number of aliphatic hydroxyl groups is 1. The lowest BCUT2D eigenvalue weighted by Gasteiger charge is -2.16. The number of imidazole rings is 1. The number of hydrogen-bond acceptors (Lipinski definition) is 6.